The van der Waals surface area contributed by atoms with E-state index in [-0.39, 0.29) is 24.9 Å². The van der Waals surface area contributed by atoms with Gasteiger partial charge in [-0.3, -0.25) is 40.4 Å². The van der Waals surface area contributed by atoms with E-state index in [9.17, 15) is 9.59 Å². The number of nitrogens with one attached hydrogen (secondary N) is 2. The van der Waals surface area contributed by atoms with Gasteiger partial charge in [-0.1, -0.05) is 75.2 Å². The largest absolute Gasteiger partial charge is 0.279 e. The number of aliphatic imine (C=N–C) groups is 2. The highest BCUT2D eigenvalue weighted by Gasteiger charge is 2.21. The molecule has 0 saturated carbocycles. The lowest BCUT2D eigenvalue weighted by Gasteiger charge is -2.28. The molecule has 8 nitrogen and oxygen atoms in total. The maximum absolute atomic E-state index is 12.1. The quantitative estimate of drug-likeness (QED) is 0.602. The van der Waals surface area contributed by atoms with Gasteiger partial charge < -0.3 is 0 Å². The van der Waals surface area contributed by atoms with Crippen molar-refractivity contribution in [3.05, 3.63) is 59.7 Å². The third kappa shape index (κ3) is 5.44. The van der Waals surface area contributed by atoms with Crippen LogP contribution in [0.25, 0.3) is 11.1 Å². The average molecular weight is 461 g/mol. The van der Waals surface area contributed by atoms with E-state index in [1.807, 2.05) is 24.3 Å². The summed E-state index contributed by atoms with van der Waals surface area (Å²) in [4.78, 5) is 32.9. The maximum atomic E-state index is 12.1. The van der Waals surface area contributed by atoms with Gasteiger partial charge in [0.15, 0.2) is 0 Å². The number of hydrazine groups is 2. The fourth-order valence-corrected chi connectivity index (χ4v) is 3.86. The van der Waals surface area contributed by atoms with Crippen molar-refractivity contribution >= 4 is 23.5 Å². The summed E-state index contributed by atoms with van der Waals surface area (Å²) < 4.78 is 0. The third-order valence-corrected chi connectivity index (χ3v) is 5.95. The molecule has 2 heterocycles. The molecule has 2 N–H and O–H groups in total. The molecule has 8 heteroatoms. The van der Waals surface area contributed by atoms with Gasteiger partial charge in [0.2, 0.25) is 0 Å². The molecule has 2 aliphatic heterocycles. The predicted molar refractivity (Wildman–Crippen MR) is 134 cm³/mol. The Bertz CT molecular complexity index is 988. The predicted octanol–water partition coefficient (Wildman–Crippen LogP) is 3.14. The minimum Gasteiger partial charge on any atom is -0.279 e. The van der Waals surface area contributed by atoms with Crippen LogP contribution < -0.4 is 10.9 Å². The molecule has 34 heavy (non-hydrogen) atoms. The van der Waals surface area contributed by atoms with Crippen molar-refractivity contribution < 1.29 is 9.59 Å². The molecule has 0 aliphatic carbocycles. The van der Waals surface area contributed by atoms with E-state index in [2.05, 4.69) is 58.9 Å². The van der Waals surface area contributed by atoms with Gasteiger partial charge in [0, 0.05) is 24.2 Å². The summed E-state index contributed by atoms with van der Waals surface area (Å²) in [7, 11) is 0. The summed E-state index contributed by atoms with van der Waals surface area (Å²) >= 11 is 0. The zero-order valence-electron chi connectivity index (χ0n) is 19.9. The molecule has 0 unspecified atom stereocenters. The van der Waals surface area contributed by atoms with Crippen LogP contribution in [0.4, 0.5) is 0 Å². The Labute approximate surface area is 200 Å². The molecular weight excluding hydrogens is 428 g/mol. The van der Waals surface area contributed by atoms with Gasteiger partial charge in [0.05, 0.1) is 0 Å². The number of unbranched alkanes of at least 4 members (excludes halogenated alkanes) is 2. The van der Waals surface area contributed by atoms with E-state index in [1.165, 1.54) is 0 Å². The second-order valence-electron chi connectivity index (χ2n) is 8.51. The molecule has 0 atom stereocenters. The van der Waals surface area contributed by atoms with E-state index >= 15 is 0 Å². The van der Waals surface area contributed by atoms with Crippen molar-refractivity contribution in [2.24, 2.45) is 9.98 Å². The summed E-state index contributed by atoms with van der Waals surface area (Å²) in [5.41, 5.74) is 10.4. The summed E-state index contributed by atoms with van der Waals surface area (Å²) in [6.45, 7) is 5.93. The fraction of sp³-hybridized carbons (Fsp3) is 0.385. The molecule has 0 bridgehead atoms. The Balaban J connectivity index is 1.43. The average Bonchev–Trinajstić information content (AvgIpc) is 2.88. The van der Waals surface area contributed by atoms with Crippen LogP contribution in [0.2, 0.25) is 0 Å². The Morgan fingerprint density at radius 3 is 1.35 bits per heavy atom. The lowest BCUT2D eigenvalue weighted by molar-refractivity contribution is -0.132. The highest BCUT2D eigenvalue weighted by atomic mass is 16.2. The minimum absolute atomic E-state index is 0.00354. The Morgan fingerprint density at radius 1 is 0.647 bits per heavy atom. The molecule has 2 amide bonds. The molecule has 0 aromatic heterocycles. The normalized spacial score (nSPS) is 16.1. The smallest absolute Gasteiger partial charge is 0.262 e. The van der Waals surface area contributed by atoms with Crippen LogP contribution in [-0.4, -0.2) is 59.7 Å². The monoisotopic (exact) mass is 460 g/mol. The lowest BCUT2D eigenvalue weighted by atomic mass is 10.0. The van der Waals surface area contributed by atoms with Gasteiger partial charge in [-0.15, -0.1) is 0 Å². The van der Waals surface area contributed by atoms with Crippen molar-refractivity contribution in [3.63, 3.8) is 0 Å². The molecule has 0 saturated heterocycles. The molecule has 0 radical (unpaired) electrons. The first-order chi connectivity index (χ1) is 16.6. The van der Waals surface area contributed by atoms with Crippen molar-refractivity contribution in [1.82, 2.24) is 20.9 Å². The maximum Gasteiger partial charge on any atom is 0.262 e. The second-order valence-corrected chi connectivity index (χ2v) is 8.51. The van der Waals surface area contributed by atoms with Crippen LogP contribution in [0.1, 0.15) is 50.7 Å². The molecule has 2 aliphatic rings. The van der Waals surface area contributed by atoms with Crippen molar-refractivity contribution in [1.29, 1.82) is 0 Å². The molecule has 178 valence electrons. The van der Waals surface area contributed by atoms with Crippen LogP contribution in [0, 0.1) is 0 Å². The molecule has 4 rings (SSSR count). The summed E-state index contributed by atoms with van der Waals surface area (Å²) in [6.07, 6.45) is 3.97. The molecule has 2 aromatic carbocycles. The fourth-order valence-electron chi connectivity index (χ4n) is 3.86. The number of rotatable bonds is 9. The Hall–Kier alpha value is -3.68. The standard InChI is InChI=1S/C26H32N6O2/c1-3-5-15-31-23(33)17-27-25(29-31)21-11-7-19(8-12-21)20-9-13-22(14-10-20)26-28-18-24(34)32(30-26)16-6-4-2/h7-14H,3-6,15-18H2,1-2H3,(H,27,29)(H,28,30). The summed E-state index contributed by atoms with van der Waals surface area (Å²) in [6, 6.07) is 16.3. The molecular formula is C26H32N6O2. The number of carbonyl (C=O) groups excluding carboxylic acids is 2. The summed E-state index contributed by atoms with van der Waals surface area (Å²) in [5, 5.41) is 3.33. The molecule has 0 fully saturated rings. The van der Waals surface area contributed by atoms with E-state index < -0.39 is 0 Å². The van der Waals surface area contributed by atoms with Gasteiger partial charge in [-0.25, -0.2) is 0 Å². The van der Waals surface area contributed by atoms with E-state index in [4.69, 9.17) is 0 Å². The van der Waals surface area contributed by atoms with Crippen LogP contribution in [-0.2, 0) is 9.59 Å². The number of hydrogen-bond donors (Lipinski definition) is 2. The van der Waals surface area contributed by atoms with Gasteiger partial charge in [0.1, 0.15) is 24.8 Å². The minimum atomic E-state index is 0.00354. The topological polar surface area (TPSA) is 89.4 Å². The van der Waals surface area contributed by atoms with Crippen LogP contribution in [0.3, 0.4) is 0 Å². The van der Waals surface area contributed by atoms with Gasteiger partial charge in [0.25, 0.3) is 11.8 Å². The number of amidine groups is 2. The summed E-state index contributed by atoms with van der Waals surface area (Å²) in [5.74, 6) is 1.45. The number of carbonyl (C=O) groups is 2. The number of benzene rings is 2. The van der Waals surface area contributed by atoms with Crippen LogP contribution in [0.15, 0.2) is 58.5 Å². The van der Waals surface area contributed by atoms with Gasteiger partial charge in [-0.2, -0.15) is 0 Å². The zero-order chi connectivity index (χ0) is 23.9. The Morgan fingerprint density at radius 2 is 1.00 bits per heavy atom. The third-order valence-electron chi connectivity index (χ3n) is 5.95. The first-order valence-electron chi connectivity index (χ1n) is 12.0. The van der Waals surface area contributed by atoms with Crippen LogP contribution >= 0.6 is 0 Å². The molecule has 2 aromatic rings. The molecule has 0 spiro atoms. The first-order valence-corrected chi connectivity index (χ1v) is 12.0. The second kappa shape index (κ2) is 11.0. The lowest BCUT2D eigenvalue weighted by Crippen LogP contribution is -2.51. The Kier molecular flexibility index (Phi) is 7.57. The van der Waals surface area contributed by atoms with Gasteiger partial charge >= 0.3 is 0 Å². The van der Waals surface area contributed by atoms with Crippen molar-refractivity contribution in [2.75, 3.05) is 26.2 Å². The zero-order valence-corrected chi connectivity index (χ0v) is 19.9. The number of hydrogen-bond acceptors (Lipinski definition) is 6. The van der Waals surface area contributed by atoms with E-state index in [0.29, 0.717) is 13.1 Å². The highest BCUT2D eigenvalue weighted by molar-refractivity contribution is 6.03. The first kappa shape index (κ1) is 23.5. The van der Waals surface area contributed by atoms with Crippen molar-refractivity contribution in [2.45, 2.75) is 39.5 Å². The SMILES string of the molecule is CCCCN1NC(c2ccc(-c3ccc(C4=NCC(=O)N(CCCC)N4)cc3)cc2)=NCC1=O. The number of amides is 2. The van der Waals surface area contributed by atoms with E-state index in [1.54, 1.807) is 10.0 Å². The van der Waals surface area contributed by atoms with Gasteiger partial charge in [-0.05, 0) is 24.0 Å². The van der Waals surface area contributed by atoms with Crippen molar-refractivity contribution in [3.8, 4) is 11.1 Å². The number of nitrogens with zero attached hydrogens (tertiary/aromatic N) is 4. The van der Waals surface area contributed by atoms with Crippen LogP contribution in [0.5, 0.6) is 0 Å². The van der Waals surface area contributed by atoms with E-state index in [0.717, 1.165) is 59.6 Å². The highest BCUT2D eigenvalue weighted by Crippen LogP contribution is 2.21.